The first-order valence-corrected chi connectivity index (χ1v) is 9.52. The Morgan fingerprint density at radius 1 is 0.903 bits per heavy atom. The second kappa shape index (κ2) is 9.45. The first kappa shape index (κ1) is 20.0. The summed E-state index contributed by atoms with van der Waals surface area (Å²) in [5.74, 6) is 2.44. The van der Waals surface area contributed by atoms with Gasteiger partial charge in [0.25, 0.3) is 5.91 Å². The van der Waals surface area contributed by atoms with E-state index >= 15 is 0 Å². The number of carbonyl (C=O) groups excluding carboxylic acids is 1. The average Bonchev–Trinajstić information content (AvgIpc) is 3.35. The van der Waals surface area contributed by atoms with Crippen LogP contribution in [0.4, 0.5) is 5.69 Å². The molecule has 0 aliphatic carbocycles. The lowest BCUT2D eigenvalue weighted by Crippen LogP contribution is -2.20. The van der Waals surface area contributed by atoms with E-state index in [1.807, 2.05) is 47.3 Å². The number of aromatic nitrogens is 3. The third-order valence-corrected chi connectivity index (χ3v) is 4.28. The van der Waals surface area contributed by atoms with Gasteiger partial charge in [-0.1, -0.05) is 12.1 Å². The molecule has 31 heavy (non-hydrogen) atoms. The van der Waals surface area contributed by atoms with E-state index in [0.29, 0.717) is 34.6 Å². The molecule has 2 aromatic carbocycles. The van der Waals surface area contributed by atoms with E-state index in [1.54, 1.807) is 49.6 Å². The van der Waals surface area contributed by atoms with Gasteiger partial charge in [0.2, 0.25) is 5.88 Å². The number of carbonyl (C=O) groups is 1. The maximum Gasteiger partial charge on any atom is 0.262 e. The second-order valence-electron chi connectivity index (χ2n) is 6.43. The molecule has 0 aliphatic heterocycles. The van der Waals surface area contributed by atoms with Crippen LogP contribution in [0.1, 0.15) is 0 Å². The van der Waals surface area contributed by atoms with Crippen LogP contribution in [0.15, 0.2) is 85.2 Å². The summed E-state index contributed by atoms with van der Waals surface area (Å²) in [4.78, 5) is 12.2. The Bertz CT molecular complexity index is 1130. The smallest absolute Gasteiger partial charge is 0.262 e. The zero-order chi connectivity index (χ0) is 21.5. The number of hydrogen-bond donors (Lipinski definition) is 1. The van der Waals surface area contributed by atoms with E-state index in [4.69, 9.17) is 14.2 Å². The molecule has 0 unspecified atom stereocenters. The molecule has 0 spiro atoms. The van der Waals surface area contributed by atoms with Crippen LogP contribution in [-0.4, -0.2) is 34.4 Å². The molecule has 0 aliphatic rings. The molecule has 8 nitrogen and oxygen atoms in total. The largest absolute Gasteiger partial charge is 0.493 e. The molecule has 156 valence electrons. The molecule has 0 fully saturated rings. The molecule has 8 heteroatoms. The summed E-state index contributed by atoms with van der Waals surface area (Å²) < 4.78 is 18.3. The van der Waals surface area contributed by atoms with Crippen LogP contribution in [0.25, 0.3) is 5.82 Å². The van der Waals surface area contributed by atoms with E-state index in [0.717, 1.165) is 0 Å². The highest BCUT2D eigenvalue weighted by Crippen LogP contribution is 2.26. The topological polar surface area (TPSA) is 87.5 Å². The number of benzene rings is 2. The lowest BCUT2D eigenvalue weighted by molar-refractivity contribution is -0.118. The Morgan fingerprint density at radius 3 is 2.32 bits per heavy atom. The van der Waals surface area contributed by atoms with E-state index in [2.05, 4.69) is 15.5 Å². The van der Waals surface area contributed by atoms with Crippen molar-refractivity contribution >= 4 is 11.6 Å². The Labute approximate surface area is 179 Å². The van der Waals surface area contributed by atoms with Gasteiger partial charge >= 0.3 is 0 Å². The van der Waals surface area contributed by atoms with Gasteiger partial charge < -0.3 is 24.1 Å². The SMILES string of the molecule is COc1ccccc1OCC(=O)Nc1ccc(Oc2ccc(-n3cccc3)nn2)cc1. The van der Waals surface area contributed by atoms with Gasteiger partial charge in [0.15, 0.2) is 23.9 Å². The molecule has 4 rings (SSSR count). The number of nitrogens with one attached hydrogen (secondary N) is 1. The van der Waals surface area contributed by atoms with Crippen molar-refractivity contribution in [1.29, 1.82) is 0 Å². The lowest BCUT2D eigenvalue weighted by Gasteiger charge is -2.11. The standard InChI is InChI=1S/C23H20N4O4/c1-29-19-6-2-3-7-20(19)30-16-22(28)24-17-8-10-18(11-9-17)31-23-13-12-21(25-26-23)27-14-4-5-15-27/h2-15H,16H2,1H3,(H,24,28). The zero-order valence-corrected chi connectivity index (χ0v) is 16.8. The summed E-state index contributed by atoms with van der Waals surface area (Å²) in [7, 11) is 1.55. The third kappa shape index (κ3) is 5.18. The molecular weight excluding hydrogens is 396 g/mol. The van der Waals surface area contributed by atoms with Crippen molar-refractivity contribution in [2.45, 2.75) is 0 Å². The molecule has 0 saturated heterocycles. The van der Waals surface area contributed by atoms with E-state index in [9.17, 15) is 4.79 Å². The van der Waals surface area contributed by atoms with Crippen LogP contribution in [0.2, 0.25) is 0 Å². The van der Waals surface area contributed by atoms with Gasteiger partial charge in [0, 0.05) is 24.1 Å². The summed E-state index contributed by atoms with van der Waals surface area (Å²) in [6, 6.07) is 21.5. The Morgan fingerprint density at radius 2 is 1.65 bits per heavy atom. The fourth-order valence-electron chi connectivity index (χ4n) is 2.80. The van der Waals surface area contributed by atoms with Gasteiger partial charge in [-0.3, -0.25) is 4.79 Å². The zero-order valence-electron chi connectivity index (χ0n) is 16.8. The number of methoxy groups -OCH3 is 1. The van der Waals surface area contributed by atoms with Crippen molar-refractivity contribution in [3.8, 4) is 28.9 Å². The number of nitrogens with zero attached hydrogens (tertiary/aromatic N) is 3. The molecule has 0 radical (unpaired) electrons. The summed E-state index contributed by atoms with van der Waals surface area (Å²) in [5.41, 5.74) is 0.620. The van der Waals surface area contributed by atoms with Crippen molar-refractivity contribution in [2.75, 3.05) is 19.0 Å². The van der Waals surface area contributed by atoms with Gasteiger partial charge in [0.1, 0.15) is 5.75 Å². The minimum absolute atomic E-state index is 0.137. The summed E-state index contributed by atoms with van der Waals surface area (Å²) >= 11 is 0. The molecule has 2 heterocycles. The number of hydrogen-bond acceptors (Lipinski definition) is 6. The molecule has 0 atom stereocenters. The fraction of sp³-hybridized carbons (Fsp3) is 0.0870. The molecule has 0 saturated carbocycles. The fourth-order valence-corrected chi connectivity index (χ4v) is 2.80. The van der Waals surface area contributed by atoms with Crippen LogP contribution in [0.5, 0.6) is 23.1 Å². The predicted octanol–water partition coefficient (Wildman–Crippen LogP) is 4.09. The van der Waals surface area contributed by atoms with Gasteiger partial charge in [-0.05, 0) is 54.6 Å². The molecule has 0 bridgehead atoms. The van der Waals surface area contributed by atoms with Crippen LogP contribution >= 0.6 is 0 Å². The molecule has 2 aromatic heterocycles. The van der Waals surface area contributed by atoms with Crippen molar-refractivity contribution in [2.24, 2.45) is 0 Å². The number of anilines is 1. The van der Waals surface area contributed by atoms with Gasteiger partial charge in [-0.25, -0.2) is 0 Å². The second-order valence-corrected chi connectivity index (χ2v) is 6.43. The van der Waals surface area contributed by atoms with Gasteiger partial charge in [-0.2, -0.15) is 0 Å². The molecule has 4 aromatic rings. The highest BCUT2D eigenvalue weighted by Gasteiger charge is 2.08. The van der Waals surface area contributed by atoms with Crippen molar-refractivity contribution in [3.05, 3.63) is 85.2 Å². The minimum Gasteiger partial charge on any atom is -0.493 e. The highest BCUT2D eigenvalue weighted by molar-refractivity contribution is 5.91. The molecular formula is C23H20N4O4. The Balaban J connectivity index is 1.30. The highest BCUT2D eigenvalue weighted by atomic mass is 16.5. The number of rotatable bonds is 8. The van der Waals surface area contributed by atoms with E-state index < -0.39 is 0 Å². The maximum absolute atomic E-state index is 12.2. The predicted molar refractivity (Wildman–Crippen MR) is 115 cm³/mol. The Hall–Kier alpha value is -4.33. The molecule has 1 N–H and O–H groups in total. The lowest BCUT2D eigenvalue weighted by atomic mass is 10.3. The number of amides is 1. The summed E-state index contributed by atoms with van der Waals surface area (Å²) in [6.07, 6.45) is 3.78. The van der Waals surface area contributed by atoms with Crippen LogP contribution in [0.3, 0.4) is 0 Å². The van der Waals surface area contributed by atoms with E-state index in [1.165, 1.54) is 0 Å². The van der Waals surface area contributed by atoms with Gasteiger partial charge in [0.05, 0.1) is 7.11 Å². The molecule has 1 amide bonds. The maximum atomic E-state index is 12.2. The third-order valence-electron chi connectivity index (χ3n) is 4.28. The number of para-hydroxylation sites is 2. The van der Waals surface area contributed by atoms with Crippen molar-refractivity contribution in [1.82, 2.24) is 14.8 Å². The first-order chi connectivity index (χ1) is 15.2. The summed E-state index contributed by atoms with van der Waals surface area (Å²) in [6.45, 7) is -0.137. The van der Waals surface area contributed by atoms with Crippen LogP contribution in [-0.2, 0) is 4.79 Å². The minimum atomic E-state index is -0.286. The van der Waals surface area contributed by atoms with Crippen LogP contribution < -0.4 is 19.5 Å². The normalized spacial score (nSPS) is 10.4. The quantitative estimate of drug-likeness (QED) is 0.466. The summed E-state index contributed by atoms with van der Waals surface area (Å²) in [5, 5.41) is 11.0. The number of ether oxygens (including phenoxy) is 3. The first-order valence-electron chi connectivity index (χ1n) is 9.52. The monoisotopic (exact) mass is 416 g/mol. The van der Waals surface area contributed by atoms with E-state index in [-0.39, 0.29) is 12.5 Å². The average molecular weight is 416 g/mol. The van der Waals surface area contributed by atoms with Crippen LogP contribution in [0, 0.1) is 0 Å². The van der Waals surface area contributed by atoms with Gasteiger partial charge in [-0.15, -0.1) is 10.2 Å². The van der Waals surface area contributed by atoms with Crippen molar-refractivity contribution < 1.29 is 19.0 Å². The van der Waals surface area contributed by atoms with Crippen molar-refractivity contribution in [3.63, 3.8) is 0 Å². The Kier molecular flexibility index (Phi) is 6.08.